The third-order valence-electron chi connectivity index (χ3n) is 4.88. The number of carbonyl (C=O) groups is 1. The predicted octanol–water partition coefficient (Wildman–Crippen LogP) is 4.24. The Hall–Kier alpha value is -1.39. The molecule has 0 bridgehead atoms. The molecule has 0 radical (unpaired) electrons. The summed E-state index contributed by atoms with van der Waals surface area (Å²) in [5.41, 5.74) is 1.02. The summed E-state index contributed by atoms with van der Waals surface area (Å²) >= 11 is 0. The Kier molecular flexibility index (Phi) is 10.4. The van der Waals surface area contributed by atoms with Crippen molar-refractivity contribution in [1.29, 1.82) is 0 Å². The van der Waals surface area contributed by atoms with Gasteiger partial charge in [0, 0.05) is 12.3 Å². The minimum absolute atomic E-state index is 0.0855. The van der Waals surface area contributed by atoms with E-state index in [-0.39, 0.29) is 18.3 Å². The van der Waals surface area contributed by atoms with Gasteiger partial charge in [0.2, 0.25) is 0 Å². The van der Waals surface area contributed by atoms with Crippen molar-refractivity contribution in [2.45, 2.75) is 76.9 Å². The van der Waals surface area contributed by atoms with E-state index in [0.29, 0.717) is 12.8 Å². The average molecular weight is 350 g/mol. The number of rotatable bonds is 12. The van der Waals surface area contributed by atoms with Crippen molar-refractivity contribution in [2.75, 3.05) is 0 Å². The van der Waals surface area contributed by atoms with Crippen LogP contribution in [-0.2, 0) is 4.79 Å². The maximum Gasteiger partial charge on any atom is 0.303 e. The first-order valence-electron chi connectivity index (χ1n) is 9.54. The summed E-state index contributed by atoms with van der Waals surface area (Å²) in [4.78, 5) is 10.5. The average Bonchev–Trinajstić information content (AvgIpc) is 2.82. The third kappa shape index (κ3) is 8.50. The molecular weight excluding hydrogens is 316 g/mol. The number of hydrogen-bond donors (Lipinski definition) is 3. The van der Waals surface area contributed by atoms with Gasteiger partial charge in [-0.05, 0) is 38.0 Å². The topological polar surface area (TPSA) is 77.8 Å². The van der Waals surface area contributed by atoms with Crippen LogP contribution in [0, 0.1) is 11.8 Å². The summed E-state index contributed by atoms with van der Waals surface area (Å²) < 4.78 is 0. The van der Waals surface area contributed by atoms with Crippen LogP contribution in [0.25, 0.3) is 0 Å². The monoisotopic (exact) mass is 350 g/mol. The van der Waals surface area contributed by atoms with Crippen LogP contribution in [0.2, 0.25) is 0 Å². The maximum absolute atomic E-state index is 10.5. The van der Waals surface area contributed by atoms with E-state index in [1.54, 1.807) is 0 Å². The fraction of sp³-hybridized carbons (Fsp3) is 0.667. The Labute approximate surface area is 152 Å². The SMILES string of the molecule is C=C1C[C@H](O)[C@H](CC=CCCCC(=O)O)[C@H]1/C=C/[C@@H](O)CCCCC. The summed E-state index contributed by atoms with van der Waals surface area (Å²) in [5.74, 6) is -0.583. The van der Waals surface area contributed by atoms with Gasteiger partial charge < -0.3 is 15.3 Å². The van der Waals surface area contributed by atoms with Crippen molar-refractivity contribution >= 4 is 5.97 Å². The Balaban J connectivity index is 2.48. The molecule has 0 saturated heterocycles. The van der Waals surface area contributed by atoms with Crippen LogP contribution in [0.1, 0.15) is 64.7 Å². The highest BCUT2D eigenvalue weighted by Gasteiger charge is 2.35. The van der Waals surface area contributed by atoms with Gasteiger partial charge in [-0.1, -0.05) is 62.6 Å². The third-order valence-corrected chi connectivity index (χ3v) is 4.88. The molecule has 0 unspecified atom stereocenters. The highest BCUT2D eigenvalue weighted by atomic mass is 16.4. The van der Waals surface area contributed by atoms with Gasteiger partial charge in [-0.25, -0.2) is 0 Å². The summed E-state index contributed by atoms with van der Waals surface area (Å²) in [5, 5.41) is 28.9. The summed E-state index contributed by atoms with van der Waals surface area (Å²) in [6.07, 6.45) is 14.1. The molecule has 1 aliphatic rings. The van der Waals surface area contributed by atoms with Crippen LogP contribution in [0.3, 0.4) is 0 Å². The maximum atomic E-state index is 10.5. The minimum Gasteiger partial charge on any atom is -0.481 e. The van der Waals surface area contributed by atoms with Crippen LogP contribution >= 0.6 is 0 Å². The molecule has 1 rings (SSSR count). The Morgan fingerprint density at radius 2 is 2.08 bits per heavy atom. The molecule has 0 aromatic carbocycles. The van der Waals surface area contributed by atoms with Gasteiger partial charge in [0.25, 0.3) is 0 Å². The lowest BCUT2D eigenvalue weighted by Crippen LogP contribution is -2.18. The van der Waals surface area contributed by atoms with Crippen LogP contribution in [-0.4, -0.2) is 33.5 Å². The van der Waals surface area contributed by atoms with Crippen LogP contribution in [0.15, 0.2) is 36.5 Å². The standard InChI is InChI=1S/C21H34O4/c1-3-4-7-10-17(22)13-14-18-16(2)15-20(23)19(18)11-8-5-6-9-12-21(24)25/h5,8,13-14,17-20,22-23H,2-4,6-7,9-12,15H2,1H3,(H,24,25)/b8-5?,14-13+/t17-,18-,19+,20-/m0/s1. The first-order valence-corrected chi connectivity index (χ1v) is 9.54. The second-order valence-electron chi connectivity index (χ2n) is 7.06. The first kappa shape index (κ1) is 21.7. The zero-order valence-electron chi connectivity index (χ0n) is 15.4. The lowest BCUT2D eigenvalue weighted by Gasteiger charge is -2.18. The lowest BCUT2D eigenvalue weighted by atomic mass is 9.89. The van der Waals surface area contributed by atoms with E-state index in [2.05, 4.69) is 13.5 Å². The van der Waals surface area contributed by atoms with Gasteiger partial charge in [0.1, 0.15) is 0 Å². The number of carboxylic acids is 1. The molecule has 1 saturated carbocycles. The van der Waals surface area contributed by atoms with Gasteiger partial charge in [-0.15, -0.1) is 0 Å². The first-order chi connectivity index (χ1) is 12.0. The second-order valence-corrected chi connectivity index (χ2v) is 7.06. The van der Waals surface area contributed by atoms with E-state index < -0.39 is 18.2 Å². The molecule has 0 aromatic rings. The molecule has 0 heterocycles. The number of aliphatic hydroxyl groups is 2. The number of hydrogen-bond acceptors (Lipinski definition) is 3. The van der Waals surface area contributed by atoms with Crippen LogP contribution in [0.5, 0.6) is 0 Å². The van der Waals surface area contributed by atoms with E-state index in [4.69, 9.17) is 5.11 Å². The Morgan fingerprint density at radius 3 is 2.76 bits per heavy atom. The van der Waals surface area contributed by atoms with Gasteiger partial charge in [0.05, 0.1) is 12.2 Å². The van der Waals surface area contributed by atoms with Gasteiger partial charge in [-0.2, -0.15) is 0 Å². The van der Waals surface area contributed by atoms with Gasteiger partial charge >= 0.3 is 5.97 Å². The van der Waals surface area contributed by atoms with Crippen molar-refractivity contribution in [2.24, 2.45) is 11.8 Å². The molecule has 0 aromatic heterocycles. The van der Waals surface area contributed by atoms with Crippen molar-refractivity contribution in [3.05, 3.63) is 36.5 Å². The molecular formula is C21H34O4. The molecule has 4 heteroatoms. The van der Waals surface area contributed by atoms with Crippen molar-refractivity contribution in [3.63, 3.8) is 0 Å². The summed E-state index contributed by atoms with van der Waals surface area (Å²) in [6.45, 7) is 6.23. The highest BCUT2D eigenvalue weighted by molar-refractivity contribution is 5.66. The second kappa shape index (κ2) is 12.0. The number of unbranched alkanes of at least 4 members (excludes halogenated alkanes) is 3. The van der Waals surface area contributed by atoms with E-state index in [9.17, 15) is 15.0 Å². The predicted molar refractivity (Wildman–Crippen MR) is 101 cm³/mol. The quantitative estimate of drug-likeness (QED) is 0.363. The lowest BCUT2D eigenvalue weighted by molar-refractivity contribution is -0.137. The van der Waals surface area contributed by atoms with Crippen molar-refractivity contribution < 1.29 is 20.1 Å². The number of allylic oxidation sites excluding steroid dienone is 3. The van der Waals surface area contributed by atoms with Gasteiger partial charge in [0.15, 0.2) is 0 Å². The fourth-order valence-electron chi connectivity index (χ4n) is 3.37. The van der Waals surface area contributed by atoms with Crippen LogP contribution in [0.4, 0.5) is 0 Å². The number of aliphatic hydroxyl groups excluding tert-OH is 2. The zero-order chi connectivity index (χ0) is 18.7. The molecule has 1 fully saturated rings. The van der Waals surface area contributed by atoms with Gasteiger partial charge in [-0.3, -0.25) is 4.79 Å². The molecule has 0 spiro atoms. The Bertz CT molecular complexity index is 467. The largest absolute Gasteiger partial charge is 0.481 e. The molecule has 1 aliphatic carbocycles. The molecule has 142 valence electrons. The number of aliphatic carboxylic acids is 1. The molecule has 0 amide bonds. The molecule has 0 aliphatic heterocycles. The molecule has 4 nitrogen and oxygen atoms in total. The molecule has 25 heavy (non-hydrogen) atoms. The normalized spacial score (nSPS) is 25.2. The summed E-state index contributed by atoms with van der Waals surface area (Å²) in [6, 6.07) is 0. The smallest absolute Gasteiger partial charge is 0.303 e. The van der Waals surface area contributed by atoms with E-state index in [1.807, 2.05) is 24.3 Å². The van der Waals surface area contributed by atoms with E-state index in [1.165, 1.54) is 0 Å². The fourth-order valence-corrected chi connectivity index (χ4v) is 3.37. The Morgan fingerprint density at radius 1 is 1.32 bits per heavy atom. The molecule has 4 atom stereocenters. The van der Waals surface area contributed by atoms with E-state index >= 15 is 0 Å². The number of carboxylic acid groups (broad SMARTS) is 1. The van der Waals surface area contributed by atoms with Crippen molar-refractivity contribution in [3.8, 4) is 0 Å². The zero-order valence-corrected chi connectivity index (χ0v) is 15.4. The highest BCUT2D eigenvalue weighted by Crippen LogP contribution is 2.39. The van der Waals surface area contributed by atoms with Crippen molar-refractivity contribution in [1.82, 2.24) is 0 Å². The minimum atomic E-state index is -0.765. The van der Waals surface area contributed by atoms with E-state index in [0.717, 1.165) is 44.1 Å². The molecule has 3 N–H and O–H groups in total. The summed E-state index contributed by atoms with van der Waals surface area (Å²) in [7, 11) is 0. The van der Waals surface area contributed by atoms with Crippen LogP contribution < -0.4 is 0 Å².